The Morgan fingerprint density at radius 3 is 2.86 bits per heavy atom. The Morgan fingerprint density at radius 2 is 2.11 bits per heavy atom. The van der Waals surface area contributed by atoms with Gasteiger partial charge in [-0.15, -0.1) is 0 Å². The van der Waals surface area contributed by atoms with Gasteiger partial charge in [0.2, 0.25) is 11.9 Å². The smallest absolute Gasteiger partial charge is 0.232 e. The number of anilines is 3. The molecule has 1 amide bonds. The second-order valence-electron chi connectivity index (χ2n) is 6.63. The van der Waals surface area contributed by atoms with Crippen LogP contribution in [-0.2, 0) is 11.3 Å². The molecule has 2 N–H and O–H groups in total. The van der Waals surface area contributed by atoms with Gasteiger partial charge >= 0.3 is 0 Å². The van der Waals surface area contributed by atoms with Crippen molar-refractivity contribution in [1.29, 1.82) is 0 Å². The average molecular weight is 381 g/mol. The van der Waals surface area contributed by atoms with Crippen molar-refractivity contribution in [3.63, 3.8) is 0 Å². The van der Waals surface area contributed by atoms with Gasteiger partial charge in [-0.05, 0) is 12.8 Å². The van der Waals surface area contributed by atoms with Gasteiger partial charge in [-0.1, -0.05) is 6.92 Å². The van der Waals surface area contributed by atoms with Gasteiger partial charge in [-0.2, -0.15) is 9.97 Å². The molecule has 10 nitrogen and oxygen atoms in total. The van der Waals surface area contributed by atoms with Crippen molar-refractivity contribution < 1.29 is 4.79 Å². The maximum Gasteiger partial charge on any atom is 0.232 e. The number of nitrogens with zero attached hydrogens (tertiary/aromatic N) is 7. The number of rotatable bonds is 8. The van der Waals surface area contributed by atoms with Gasteiger partial charge in [-0.25, -0.2) is 9.97 Å². The predicted molar refractivity (Wildman–Crippen MR) is 105 cm³/mol. The molecule has 1 saturated heterocycles. The molecule has 0 atom stereocenters. The zero-order valence-electron chi connectivity index (χ0n) is 15.8. The van der Waals surface area contributed by atoms with Crippen LogP contribution >= 0.6 is 0 Å². The van der Waals surface area contributed by atoms with Crippen LogP contribution in [-0.4, -0.2) is 59.9 Å². The van der Waals surface area contributed by atoms with Crippen LogP contribution in [0, 0.1) is 0 Å². The summed E-state index contributed by atoms with van der Waals surface area (Å²) < 4.78 is 1.96. The molecule has 4 rings (SSSR count). The van der Waals surface area contributed by atoms with Crippen LogP contribution in [0.3, 0.4) is 0 Å². The van der Waals surface area contributed by atoms with E-state index in [4.69, 9.17) is 0 Å². The van der Waals surface area contributed by atoms with Crippen LogP contribution in [0.1, 0.15) is 26.2 Å². The molecule has 10 heteroatoms. The summed E-state index contributed by atoms with van der Waals surface area (Å²) in [5.74, 6) is 1.88. The van der Waals surface area contributed by atoms with Crippen molar-refractivity contribution in [3.05, 3.63) is 24.9 Å². The van der Waals surface area contributed by atoms with Gasteiger partial charge in [0.1, 0.15) is 0 Å². The summed E-state index contributed by atoms with van der Waals surface area (Å²) in [6.07, 6.45) is 9.13. The average Bonchev–Trinajstić information content (AvgIpc) is 3.31. The van der Waals surface area contributed by atoms with E-state index in [2.05, 4.69) is 42.5 Å². The molecular formula is C18H23N9O. The van der Waals surface area contributed by atoms with E-state index < -0.39 is 0 Å². The molecule has 0 aliphatic carbocycles. The van der Waals surface area contributed by atoms with Crippen molar-refractivity contribution in [2.24, 2.45) is 0 Å². The molecule has 0 unspecified atom stereocenters. The highest BCUT2D eigenvalue weighted by atomic mass is 16.2. The second kappa shape index (κ2) is 8.15. The third-order valence-electron chi connectivity index (χ3n) is 4.59. The summed E-state index contributed by atoms with van der Waals surface area (Å²) in [5, 5.41) is 6.41. The summed E-state index contributed by atoms with van der Waals surface area (Å²) in [5.41, 5.74) is 1.43. The van der Waals surface area contributed by atoms with Crippen LogP contribution in [0.2, 0.25) is 0 Å². The van der Waals surface area contributed by atoms with Crippen LogP contribution in [0.4, 0.5) is 17.6 Å². The predicted octanol–water partition coefficient (Wildman–Crippen LogP) is 1.80. The number of imidazole rings is 1. The summed E-state index contributed by atoms with van der Waals surface area (Å²) in [7, 11) is 0. The number of likely N-dealkylation sites (tertiary alicyclic amines) is 1. The molecule has 0 saturated carbocycles. The molecule has 4 heterocycles. The van der Waals surface area contributed by atoms with Crippen molar-refractivity contribution in [3.8, 4) is 0 Å². The largest absolute Gasteiger partial charge is 0.368 e. The Balaban J connectivity index is 1.62. The number of carbonyl (C=O) groups is 1. The minimum absolute atomic E-state index is 0.217. The number of amides is 1. The molecule has 3 aromatic heterocycles. The molecular weight excluding hydrogens is 358 g/mol. The van der Waals surface area contributed by atoms with Crippen molar-refractivity contribution in [1.82, 2.24) is 34.4 Å². The van der Waals surface area contributed by atoms with Gasteiger partial charge in [0.05, 0.1) is 12.5 Å². The lowest BCUT2D eigenvalue weighted by atomic mass is 10.4. The minimum Gasteiger partial charge on any atom is -0.368 e. The first-order valence-corrected chi connectivity index (χ1v) is 9.52. The number of nitrogens with one attached hydrogen (secondary N) is 2. The Hall–Kier alpha value is -3.30. The van der Waals surface area contributed by atoms with Gasteiger partial charge < -0.3 is 20.1 Å². The van der Waals surface area contributed by atoms with Crippen molar-refractivity contribution in [2.75, 3.05) is 30.3 Å². The SMILES string of the molecule is CCCNc1nc(Nc2cnccn2)nc2c1ncn2CCN1CCCC1=O. The van der Waals surface area contributed by atoms with Crippen LogP contribution in [0.25, 0.3) is 11.2 Å². The van der Waals surface area contributed by atoms with E-state index in [9.17, 15) is 4.79 Å². The standard InChI is InChI=1S/C18H23N9O/c1-2-5-21-16-15-17(25-18(24-16)23-13-11-19-6-7-20-13)27(12-22-15)10-9-26-8-3-4-14(26)28/h6-7,11-12H,2-5,8-10H2,1H3,(H2,20,21,23,24,25). The molecule has 0 spiro atoms. The van der Waals surface area contributed by atoms with Crippen LogP contribution in [0.15, 0.2) is 24.9 Å². The second-order valence-corrected chi connectivity index (χ2v) is 6.63. The van der Waals surface area contributed by atoms with Gasteiger partial charge in [-0.3, -0.25) is 9.78 Å². The van der Waals surface area contributed by atoms with Gasteiger partial charge in [0, 0.05) is 45.0 Å². The first kappa shape index (κ1) is 18.1. The Labute approximate surface area is 162 Å². The fourth-order valence-electron chi connectivity index (χ4n) is 3.18. The summed E-state index contributed by atoms with van der Waals surface area (Å²) in [4.78, 5) is 35.7. The highest BCUT2D eigenvalue weighted by Gasteiger charge is 2.20. The molecule has 28 heavy (non-hydrogen) atoms. The molecule has 0 bridgehead atoms. The fourth-order valence-corrected chi connectivity index (χ4v) is 3.18. The lowest BCUT2D eigenvalue weighted by molar-refractivity contribution is -0.127. The molecule has 0 aromatic carbocycles. The van der Waals surface area contributed by atoms with Crippen molar-refractivity contribution >= 4 is 34.7 Å². The molecule has 1 aliphatic rings. The summed E-state index contributed by atoms with van der Waals surface area (Å²) in [6.45, 7) is 4.99. The first-order chi connectivity index (χ1) is 13.7. The van der Waals surface area contributed by atoms with Crippen LogP contribution in [0.5, 0.6) is 0 Å². The molecule has 3 aromatic rings. The van der Waals surface area contributed by atoms with E-state index in [1.165, 1.54) is 0 Å². The molecule has 1 fully saturated rings. The number of fused-ring (bicyclic) bond motifs is 1. The van der Waals surface area contributed by atoms with E-state index in [-0.39, 0.29) is 5.91 Å². The maximum absolute atomic E-state index is 11.9. The lowest BCUT2D eigenvalue weighted by Crippen LogP contribution is -2.28. The Morgan fingerprint density at radius 1 is 1.18 bits per heavy atom. The maximum atomic E-state index is 11.9. The van der Waals surface area contributed by atoms with E-state index in [0.29, 0.717) is 48.3 Å². The monoisotopic (exact) mass is 381 g/mol. The quantitative estimate of drug-likeness (QED) is 0.607. The Bertz CT molecular complexity index is 956. The van der Waals surface area contributed by atoms with E-state index in [1.807, 2.05) is 9.47 Å². The third kappa shape index (κ3) is 3.85. The molecule has 1 aliphatic heterocycles. The molecule has 146 valence electrons. The number of aromatic nitrogens is 6. The topological polar surface area (TPSA) is 114 Å². The van der Waals surface area contributed by atoms with Gasteiger partial charge in [0.25, 0.3) is 0 Å². The zero-order chi connectivity index (χ0) is 19.3. The first-order valence-electron chi connectivity index (χ1n) is 9.52. The van der Waals surface area contributed by atoms with Gasteiger partial charge in [0.15, 0.2) is 22.8 Å². The minimum atomic E-state index is 0.217. The van der Waals surface area contributed by atoms with E-state index in [0.717, 1.165) is 25.9 Å². The molecule has 0 radical (unpaired) electrons. The van der Waals surface area contributed by atoms with E-state index in [1.54, 1.807) is 24.9 Å². The number of carbonyl (C=O) groups excluding carboxylic acids is 1. The summed E-state index contributed by atoms with van der Waals surface area (Å²) >= 11 is 0. The highest BCUT2D eigenvalue weighted by molar-refractivity contribution is 5.84. The Kier molecular flexibility index (Phi) is 5.27. The number of hydrogen-bond donors (Lipinski definition) is 2. The van der Waals surface area contributed by atoms with Crippen molar-refractivity contribution in [2.45, 2.75) is 32.7 Å². The fraction of sp³-hybridized carbons (Fsp3) is 0.444. The highest BCUT2D eigenvalue weighted by Crippen LogP contribution is 2.22. The summed E-state index contributed by atoms with van der Waals surface area (Å²) in [6, 6.07) is 0. The van der Waals surface area contributed by atoms with E-state index >= 15 is 0 Å². The number of hydrogen-bond acceptors (Lipinski definition) is 8. The zero-order valence-corrected chi connectivity index (χ0v) is 15.8. The van der Waals surface area contributed by atoms with Crippen LogP contribution < -0.4 is 10.6 Å². The third-order valence-corrected chi connectivity index (χ3v) is 4.59. The normalized spacial score (nSPS) is 14.0. The lowest BCUT2D eigenvalue weighted by Gasteiger charge is -2.16.